The van der Waals surface area contributed by atoms with Crippen molar-refractivity contribution in [1.82, 2.24) is 14.6 Å². The summed E-state index contributed by atoms with van der Waals surface area (Å²) in [6, 6.07) is -1.07. The molecule has 1 N–H and O–H groups in total. The molecule has 178 valence electrons. The van der Waals surface area contributed by atoms with E-state index in [0.717, 1.165) is 11.6 Å². The molecule has 0 amide bonds. The number of nitrogens with one attached hydrogen (secondary N) is 1. The zero-order valence-corrected chi connectivity index (χ0v) is 18.5. The minimum atomic E-state index is -4.22. The summed E-state index contributed by atoms with van der Waals surface area (Å²) in [5.41, 5.74) is 1.59. The Morgan fingerprint density at radius 2 is 2.18 bits per heavy atom. The Morgan fingerprint density at radius 3 is 2.88 bits per heavy atom. The maximum atomic E-state index is 14.3. The summed E-state index contributed by atoms with van der Waals surface area (Å²) in [6.45, 7) is 1.56. The zero-order valence-electron chi connectivity index (χ0n) is 17.6. The van der Waals surface area contributed by atoms with Crippen molar-refractivity contribution in [3.05, 3.63) is 52.9 Å². The normalized spacial score (nSPS) is 23.9. The smallest absolute Gasteiger partial charge is 0.241 e. The SMILES string of the molecule is C#C/C=C(F)\C=C(\F)Cc1cc(C)cnc1[C@@H]1CC(N2C[C@H](F)[C@H](NS(=O)(=O)CF)C2)=NO1. The predicted octanol–water partition coefficient (Wildman–Crippen LogP) is 2.92. The molecule has 3 heterocycles. The van der Waals surface area contributed by atoms with Gasteiger partial charge in [0.05, 0.1) is 24.7 Å². The molecule has 0 unspecified atom stereocenters. The molecule has 33 heavy (non-hydrogen) atoms. The first-order valence-corrected chi connectivity index (χ1v) is 11.6. The number of nitrogens with zero attached hydrogens (tertiary/aromatic N) is 3. The van der Waals surface area contributed by atoms with Crippen molar-refractivity contribution in [1.29, 1.82) is 0 Å². The number of halogens is 4. The van der Waals surface area contributed by atoms with E-state index in [-0.39, 0.29) is 25.9 Å². The number of amidine groups is 1. The lowest BCUT2D eigenvalue weighted by Gasteiger charge is -2.17. The number of aromatic nitrogens is 1. The molecular formula is C21H22F4N4O3S. The number of pyridine rings is 1. The van der Waals surface area contributed by atoms with Gasteiger partial charge in [0.1, 0.15) is 23.7 Å². The molecule has 12 heteroatoms. The van der Waals surface area contributed by atoms with Crippen LogP contribution in [0.3, 0.4) is 0 Å². The lowest BCUT2D eigenvalue weighted by atomic mass is 10.0. The molecule has 0 saturated carbocycles. The Hall–Kier alpha value is -2.91. The number of hydrogen-bond donors (Lipinski definition) is 1. The number of rotatable bonds is 7. The molecule has 3 rings (SSSR count). The van der Waals surface area contributed by atoms with Gasteiger partial charge in [0.2, 0.25) is 16.0 Å². The first-order chi connectivity index (χ1) is 15.6. The average Bonchev–Trinajstić information content (AvgIpc) is 3.35. The molecular weight excluding hydrogens is 464 g/mol. The third-order valence-corrected chi connectivity index (χ3v) is 6.01. The van der Waals surface area contributed by atoms with E-state index in [2.05, 4.69) is 10.1 Å². The highest BCUT2D eigenvalue weighted by Gasteiger charge is 2.39. The van der Waals surface area contributed by atoms with E-state index >= 15 is 0 Å². The van der Waals surface area contributed by atoms with Gasteiger partial charge in [0, 0.05) is 31.3 Å². The number of oxime groups is 1. The summed E-state index contributed by atoms with van der Waals surface area (Å²) in [5, 5.41) is 3.96. The Labute approximate surface area is 189 Å². The second-order valence-electron chi connectivity index (χ2n) is 7.70. The number of sulfonamides is 1. The monoisotopic (exact) mass is 486 g/mol. The molecule has 1 fully saturated rings. The van der Waals surface area contributed by atoms with Crippen LogP contribution in [0.1, 0.15) is 29.3 Å². The second-order valence-corrected chi connectivity index (χ2v) is 9.38. The highest BCUT2D eigenvalue weighted by Crippen LogP contribution is 2.32. The van der Waals surface area contributed by atoms with Gasteiger partial charge in [-0.2, -0.15) is 0 Å². The van der Waals surface area contributed by atoms with Gasteiger partial charge in [0.15, 0.2) is 6.10 Å². The first-order valence-electron chi connectivity index (χ1n) is 9.92. The molecule has 0 spiro atoms. The van der Waals surface area contributed by atoms with E-state index in [1.54, 1.807) is 19.2 Å². The van der Waals surface area contributed by atoms with Crippen LogP contribution in [0.25, 0.3) is 0 Å². The fraction of sp³-hybridized carbons (Fsp3) is 0.429. The van der Waals surface area contributed by atoms with E-state index in [4.69, 9.17) is 11.3 Å². The molecule has 3 atom stereocenters. The lowest BCUT2D eigenvalue weighted by Crippen LogP contribution is -2.42. The van der Waals surface area contributed by atoms with Crippen molar-refractivity contribution >= 4 is 15.9 Å². The number of hydrogen-bond acceptors (Lipinski definition) is 6. The second kappa shape index (κ2) is 10.4. The molecule has 2 aliphatic rings. The standard InChI is InChI=1S/C21H22F4N4O3S/c1-3-4-15(23)7-16(24)6-14-5-13(2)9-26-21(14)19-8-20(27-32-19)29-10-17(25)18(11-29)28-33(30,31)12-22/h1,4-5,7,9,17-19,28H,6,8,10-12H2,2H3/b15-4+,16-7+/t17-,18+,19-/m0/s1. The van der Waals surface area contributed by atoms with Gasteiger partial charge in [-0.05, 0) is 18.1 Å². The Balaban J connectivity index is 1.71. The molecule has 7 nitrogen and oxygen atoms in total. The highest BCUT2D eigenvalue weighted by molar-refractivity contribution is 7.89. The first kappa shape index (κ1) is 24.7. The van der Waals surface area contributed by atoms with Crippen LogP contribution in [0.5, 0.6) is 0 Å². The summed E-state index contributed by atoms with van der Waals surface area (Å²) in [7, 11) is -4.22. The maximum absolute atomic E-state index is 14.3. The van der Waals surface area contributed by atoms with Gasteiger partial charge < -0.3 is 9.74 Å². The number of terminal acetylenes is 1. The van der Waals surface area contributed by atoms with Crippen LogP contribution in [0.2, 0.25) is 0 Å². The van der Waals surface area contributed by atoms with Crippen LogP contribution in [-0.2, 0) is 21.3 Å². The van der Waals surface area contributed by atoms with E-state index in [1.165, 1.54) is 4.90 Å². The largest absolute Gasteiger partial charge is 0.384 e. The van der Waals surface area contributed by atoms with E-state index in [0.29, 0.717) is 23.2 Å². The molecule has 0 aliphatic carbocycles. The Kier molecular flexibility index (Phi) is 7.76. The van der Waals surface area contributed by atoms with Crippen molar-refractivity contribution in [3.63, 3.8) is 0 Å². The minimum absolute atomic E-state index is 0.0539. The van der Waals surface area contributed by atoms with Crippen molar-refractivity contribution < 1.29 is 30.8 Å². The fourth-order valence-corrected chi connectivity index (χ4v) is 4.37. The highest BCUT2D eigenvalue weighted by atomic mass is 32.2. The van der Waals surface area contributed by atoms with Crippen LogP contribution in [0, 0.1) is 19.3 Å². The molecule has 1 aromatic rings. The third-order valence-electron chi connectivity index (χ3n) is 5.06. The quantitative estimate of drug-likeness (QED) is 0.364. The van der Waals surface area contributed by atoms with Gasteiger partial charge in [-0.15, -0.1) is 6.42 Å². The van der Waals surface area contributed by atoms with Gasteiger partial charge in [0.25, 0.3) is 0 Å². The summed E-state index contributed by atoms with van der Waals surface area (Å²) in [5.74, 6) is 0.666. The summed E-state index contributed by atoms with van der Waals surface area (Å²) in [6.07, 6.45) is 5.67. The van der Waals surface area contributed by atoms with Crippen LogP contribution >= 0.6 is 0 Å². The minimum Gasteiger partial charge on any atom is -0.384 e. The number of aryl methyl sites for hydroxylation is 1. The van der Waals surface area contributed by atoms with Crippen LogP contribution in [0.4, 0.5) is 17.6 Å². The Morgan fingerprint density at radius 1 is 1.42 bits per heavy atom. The van der Waals surface area contributed by atoms with Crippen LogP contribution < -0.4 is 4.72 Å². The molecule has 0 radical (unpaired) electrons. The van der Waals surface area contributed by atoms with Gasteiger partial charge in [-0.25, -0.2) is 30.7 Å². The number of allylic oxidation sites excluding steroid dienone is 4. The van der Waals surface area contributed by atoms with E-state index in [1.807, 2.05) is 10.6 Å². The summed E-state index contributed by atoms with van der Waals surface area (Å²) < 4.78 is 79.5. The lowest BCUT2D eigenvalue weighted by molar-refractivity contribution is 0.0817. The van der Waals surface area contributed by atoms with E-state index < -0.39 is 46.0 Å². The summed E-state index contributed by atoms with van der Waals surface area (Å²) >= 11 is 0. The molecule has 1 aromatic heterocycles. The Bertz CT molecular complexity index is 1130. The van der Waals surface area contributed by atoms with E-state index in [9.17, 15) is 26.0 Å². The fourth-order valence-electron chi connectivity index (χ4n) is 3.62. The topological polar surface area (TPSA) is 83.9 Å². The van der Waals surface area contributed by atoms with Crippen LogP contribution in [0.15, 0.2) is 41.2 Å². The average molecular weight is 486 g/mol. The van der Waals surface area contributed by atoms with Gasteiger partial charge >= 0.3 is 0 Å². The summed E-state index contributed by atoms with van der Waals surface area (Å²) in [4.78, 5) is 11.3. The predicted molar refractivity (Wildman–Crippen MR) is 114 cm³/mol. The zero-order chi connectivity index (χ0) is 24.2. The van der Waals surface area contributed by atoms with Gasteiger partial charge in [-0.3, -0.25) is 4.98 Å². The molecule has 1 saturated heterocycles. The van der Waals surface area contributed by atoms with Crippen molar-refractivity contribution in [2.75, 3.05) is 19.1 Å². The van der Waals surface area contributed by atoms with Crippen LogP contribution in [-0.4, -0.2) is 55.4 Å². The van der Waals surface area contributed by atoms with Crippen molar-refractivity contribution in [3.8, 4) is 12.3 Å². The third kappa shape index (κ3) is 6.33. The van der Waals surface area contributed by atoms with Crippen molar-refractivity contribution in [2.45, 2.75) is 38.1 Å². The van der Waals surface area contributed by atoms with Crippen molar-refractivity contribution in [2.24, 2.45) is 5.16 Å². The van der Waals surface area contributed by atoms with Gasteiger partial charge in [-0.1, -0.05) is 17.1 Å². The molecule has 0 aromatic carbocycles. The molecule has 2 aliphatic heterocycles. The molecule has 0 bridgehead atoms. The number of likely N-dealkylation sites (tertiary alicyclic amines) is 1. The maximum Gasteiger partial charge on any atom is 0.241 e. The number of alkyl halides is 2.